The summed E-state index contributed by atoms with van der Waals surface area (Å²) in [6.07, 6.45) is 1.79. The lowest BCUT2D eigenvalue weighted by atomic mass is 10.2. The summed E-state index contributed by atoms with van der Waals surface area (Å²) in [5.41, 5.74) is 9.53. The number of rotatable bonds is 1. The molecule has 0 radical (unpaired) electrons. The minimum Gasteiger partial charge on any atom is -0.383 e. The van der Waals surface area contributed by atoms with E-state index in [0.717, 1.165) is 32.2 Å². The zero-order valence-corrected chi connectivity index (χ0v) is 11.7. The van der Waals surface area contributed by atoms with Crippen molar-refractivity contribution in [3.05, 3.63) is 29.5 Å². The molecule has 0 amide bonds. The molecule has 6 heteroatoms. The van der Waals surface area contributed by atoms with Crippen LogP contribution >= 0.6 is 11.3 Å². The van der Waals surface area contributed by atoms with Crippen molar-refractivity contribution in [1.29, 1.82) is 0 Å². The molecule has 0 aromatic carbocycles. The fraction of sp³-hybridized carbons (Fsp3) is 0.231. The van der Waals surface area contributed by atoms with Gasteiger partial charge >= 0.3 is 0 Å². The van der Waals surface area contributed by atoms with Gasteiger partial charge in [-0.3, -0.25) is 4.98 Å². The Labute approximate surface area is 114 Å². The average molecular weight is 271 g/mol. The van der Waals surface area contributed by atoms with Gasteiger partial charge in [-0.15, -0.1) is 11.3 Å². The normalized spacial score (nSPS) is 11.1. The Morgan fingerprint density at radius 3 is 2.53 bits per heavy atom. The van der Waals surface area contributed by atoms with Crippen molar-refractivity contribution < 1.29 is 0 Å². The van der Waals surface area contributed by atoms with E-state index in [1.54, 1.807) is 17.5 Å². The molecule has 0 aliphatic rings. The van der Waals surface area contributed by atoms with E-state index in [1.807, 2.05) is 26.8 Å². The van der Waals surface area contributed by atoms with Crippen molar-refractivity contribution in [2.45, 2.75) is 20.8 Å². The van der Waals surface area contributed by atoms with Crippen molar-refractivity contribution in [2.75, 3.05) is 5.73 Å². The SMILES string of the molecule is Cc1nc(C)c(-c2nc3c(C)nccc3s2)c(N)n1. The van der Waals surface area contributed by atoms with Crippen LogP contribution in [0.2, 0.25) is 0 Å². The quantitative estimate of drug-likeness (QED) is 0.736. The maximum absolute atomic E-state index is 6.01. The van der Waals surface area contributed by atoms with Gasteiger partial charge in [0.05, 0.1) is 21.7 Å². The molecule has 3 aromatic rings. The van der Waals surface area contributed by atoms with Crippen molar-refractivity contribution >= 4 is 27.4 Å². The summed E-state index contributed by atoms with van der Waals surface area (Å²) in [6.45, 7) is 5.71. The fourth-order valence-electron chi connectivity index (χ4n) is 2.09. The van der Waals surface area contributed by atoms with E-state index in [1.165, 1.54) is 0 Å². The van der Waals surface area contributed by atoms with Crippen LogP contribution < -0.4 is 5.73 Å². The molecule has 0 saturated carbocycles. The van der Waals surface area contributed by atoms with Gasteiger partial charge in [0.1, 0.15) is 22.2 Å². The Bertz CT molecular complexity index is 755. The van der Waals surface area contributed by atoms with E-state index in [-0.39, 0.29) is 0 Å². The van der Waals surface area contributed by atoms with Gasteiger partial charge < -0.3 is 5.73 Å². The number of anilines is 1. The zero-order valence-electron chi connectivity index (χ0n) is 10.9. The standard InChI is InChI=1S/C13H13N5S/c1-6-10(12(14)17-8(3)16-6)13-18-11-7(2)15-5-4-9(11)19-13/h4-5H,1-3H3,(H2,14,16,17). The molecule has 0 saturated heterocycles. The summed E-state index contributed by atoms with van der Waals surface area (Å²) < 4.78 is 1.10. The molecule has 5 nitrogen and oxygen atoms in total. The van der Waals surface area contributed by atoms with Gasteiger partial charge in [-0.05, 0) is 26.8 Å². The Kier molecular flexibility index (Phi) is 2.67. The van der Waals surface area contributed by atoms with Crippen LogP contribution in [0.15, 0.2) is 12.3 Å². The van der Waals surface area contributed by atoms with Crippen LogP contribution in [0, 0.1) is 20.8 Å². The topological polar surface area (TPSA) is 77.6 Å². The third-order valence-electron chi connectivity index (χ3n) is 2.93. The van der Waals surface area contributed by atoms with Crippen LogP contribution in [0.4, 0.5) is 5.82 Å². The fourth-order valence-corrected chi connectivity index (χ4v) is 3.21. The molecule has 96 valence electrons. The lowest BCUT2D eigenvalue weighted by Gasteiger charge is -2.05. The molecule has 2 N–H and O–H groups in total. The van der Waals surface area contributed by atoms with E-state index in [2.05, 4.69) is 19.9 Å². The Morgan fingerprint density at radius 2 is 1.84 bits per heavy atom. The predicted octanol–water partition coefficient (Wildman–Crippen LogP) is 2.66. The van der Waals surface area contributed by atoms with Crippen LogP contribution in [0.1, 0.15) is 17.2 Å². The molecule has 0 fully saturated rings. The van der Waals surface area contributed by atoms with Crippen molar-refractivity contribution in [3.8, 4) is 10.6 Å². The first kappa shape index (κ1) is 12.0. The number of nitrogen functional groups attached to an aromatic ring is 1. The highest BCUT2D eigenvalue weighted by atomic mass is 32.1. The molecule has 0 bridgehead atoms. The summed E-state index contributed by atoms with van der Waals surface area (Å²) in [4.78, 5) is 17.5. The lowest BCUT2D eigenvalue weighted by Crippen LogP contribution is -2.01. The van der Waals surface area contributed by atoms with Crippen LogP contribution in [0.25, 0.3) is 20.8 Å². The van der Waals surface area contributed by atoms with Gasteiger partial charge in [0, 0.05) is 6.20 Å². The maximum Gasteiger partial charge on any atom is 0.137 e. The van der Waals surface area contributed by atoms with Crippen molar-refractivity contribution in [1.82, 2.24) is 19.9 Å². The second kappa shape index (κ2) is 4.24. The number of fused-ring (bicyclic) bond motifs is 1. The van der Waals surface area contributed by atoms with Gasteiger partial charge in [-0.1, -0.05) is 0 Å². The molecule has 3 heterocycles. The third kappa shape index (κ3) is 1.94. The van der Waals surface area contributed by atoms with Gasteiger partial charge in [0.2, 0.25) is 0 Å². The monoisotopic (exact) mass is 271 g/mol. The van der Waals surface area contributed by atoms with Crippen LogP contribution in [-0.2, 0) is 0 Å². The molecule has 0 unspecified atom stereocenters. The van der Waals surface area contributed by atoms with Gasteiger partial charge in [0.25, 0.3) is 0 Å². The smallest absolute Gasteiger partial charge is 0.137 e. The molecule has 0 aliphatic heterocycles. The van der Waals surface area contributed by atoms with Gasteiger partial charge in [0.15, 0.2) is 0 Å². The number of hydrogen-bond acceptors (Lipinski definition) is 6. The summed E-state index contributed by atoms with van der Waals surface area (Å²) in [5.74, 6) is 1.16. The molecular weight excluding hydrogens is 258 g/mol. The number of nitrogens with zero attached hydrogens (tertiary/aromatic N) is 4. The molecular formula is C13H13N5S. The number of nitrogens with two attached hydrogens (primary N) is 1. The summed E-state index contributed by atoms with van der Waals surface area (Å²) >= 11 is 1.59. The third-order valence-corrected chi connectivity index (χ3v) is 3.97. The Hall–Kier alpha value is -2.08. The number of aromatic nitrogens is 4. The van der Waals surface area contributed by atoms with Gasteiger partial charge in [-0.2, -0.15) is 0 Å². The van der Waals surface area contributed by atoms with E-state index in [4.69, 9.17) is 5.73 Å². The van der Waals surface area contributed by atoms with Crippen molar-refractivity contribution in [2.24, 2.45) is 0 Å². The summed E-state index contributed by atoms with van der Waals surface area (Å²) in [5, 5.41) is 0.848. The summed E-state index contributed by atoms with van der Waals surface area (Å²) in [7, 11) is 0. The van der Waals surface area contributed by atoms with Crippen LogP contribution in [0.5, 0.6) is 0 Å². The largest absolute Gasteiger partial charge is 0.383 e. The van der Waals surface area contributed by atoms with Crippen molar-refractivity contribution in [3.63, 3.8) is 0 Å². The average Bonchev–Trinajstić information content (AvgIpc) is 2.72. The number of aryl methyl sites for hydroxylation is 3. The minimum atomic E-state index is 0.481. The molecule has 0 atom stereocenters. The Morgan fingerprint density at radius 1 is 1.05 bits per heavy atom. The molecule has 19 heavy (non-hydrogen) atoms. The first-order chi connectivity index (χ1) is 9.06. The van der Waals surface area contributed by atoms with E-state index >= 15 is 0 Å². The van der Waals surface area contributed by atoms with E-state index in [9.17, 15) is 0 Å². The first-order valence-corrected chi connectivity index (χ1v) is 6.71. The van der Waals surface area contributed by atoms with Gasteiger partial charge in [-0.25, -0.2) is 15.0 Å². The van der Waals surface area contributed by atoms with Crippen LogP contribution in [-0.4, -0.2) is 19.9 Å². The predicted molar refractivity (Wildman–Crippen MR) is 77.1 cm³/mol. The number of hydrogen-bond donors (Lipinski definition) is 1. The lowest BCUT2D eigenvalue weighted by molar-refractivity contribution is 1.02. The van der Waals surface area contributed by atoms with E-state index in [0.29, 0.717) is 11.6 Å². The Balaban J connectivity index is 2.28. The second-order valence-electron chi connectivity index (χ2n) is 4.38. The minimum absolute atomic E-state index is 0.481. The van der Waals surface area contributed by atoms with Crippen LogP contribution in [0.3, 0.4) is 0 Å². The molecule has 3 rings (SSSR count). The summed E-state index contributed by atoms with van der Waals surface area (Å²) in [6, 6.07) is 1.96. The zero-order chi connectivity index (χ0) is 13.6. The number of thiazole rings is 1. The highest BCUT2D eigenvalue weighted by Crippen LogP contribution is 2.34. The first-order valence-electron chi connectivity index (χ1n) is 5.89. The molecule has 3 aromatic heterocycles. The molecule has 0 aliphatic carbocycles. The highest BCUT2D eigenvalue weighted by molar-refractivity contribution is 7.21. The second-order valence-corrected chi connectivity index (χ2v) is 5.41. The molecule has 0 spiro atoms. The van der Waals surface area contributed by atoms with E-state index < -0.39 is 0 Å². The number of pyridine rings is 1. The highest BCUT2D eigenvalue weighted by Gasteiger charge is 2.15. The maximum atomic E-state index is 6.01.